The summed E-state index contributed by atoms with van der Waals surface area (Å²) in [5.41, 5.74) is 5.86. The second kappa shape index (κ2) is 6.67. The topological polar surface area (TPSA) is 68.8 Å². The zero-order valence-corrected chi connectivity index (χ0v) is 13.7. The van der Waals surface area contributed by atoms with Gasteiger partial charge in [-0.2, -0.15) is 5.10 Å². The molecule has 0 spiro atoms. The average Bonchev–Trinajstić information content (AvgIpc) is 2.72. The monoisotopic (exact) mass is 357 g/mol. The van der Waals surface area contributed by atoms with Gasteiger partial charge in [0.15, 0.2) is 0 Å². The van der Waals surface area contributed by atoms with Gasteiger partial charge in [-0.25, -0.2) is 0 Å². The summed E-state index contributed by atoms with van der Waals surface area (Å²) in [5, 5.41) is 5.09. The van der Waals surface area contributed by atoms with Gasteiger partial charge < -0.3 is 0 Å². The smallest absolute Gasteiger partial charge is 0.0766 e. The first kappa shape index (κ1) is 15.4. The largest absolute Gasteiger partial charge is 0.271 e. The number of halogens is 2. The van der Waals surface area contributed by atoms with Gasteiger partial charge in [-0.3, -0.25) is 20.9 Å². The highest BCUT2D eigenvalue weighted by Gasteiger charge is 2.19. The van der Waals surface area contributed by atoms with Crippen molar-refractivity contribution < 1.29 is 0 Å². The van der Waals surface area contributed by atoms with Crippen molar-refractivity contribution in [2.24, 2.45) is 12.9 Å². The number of aryl methyl sites for hydroxylation is 2. The molecule has 0 aliphatic rings. The minimum absolute atomic E-state index is 0.0955. The second-order valence-corrected chi connectivity index (χ2v) is 5.71. The van der Waals surface area contributed by atoms with Crippen molar-refractivity contribution >= 4 is 27.5 Å². The van der Waals surface area contributed by atoms with E-state index in [1.165, 1.54) is 0 Å². The van der Waals surface area contributed by atoms with Crippen molar-refractivity contribution in [2.75, 3.05) is 0 Å². The summed E-state index contributed by atoms with van der Waals surface area (Å²) in [6.07, 6.45) is 4.90. The third-order valence-electron chi connectivity index (χ3n) is 3.28. The molecule has 2 rings (SSSR count). The Morgan fingerprint density at radius 3 is 2.85 bits per heavy atom. The van der Waals surface area contributed by atoms with Crippen molar-refractivity contribution in [1.29, 1.82) is 0 Å². The standard InChI is InChI=1S/C13H17BrClN5/c1-3-10-13(14)12(20(2)19-10)6-11(18-16)8-4-5-17-7-9(8)15/h4-5,7,11,18H,3,6,16H2,1-2H3. The molecule has 2 aromatic rings. The van der Waals surface area contributed by atoms with Gasteiger partial charge >= 0.3 is 0 Å². The van der Waals surface area contributed by atoms with Crippen LogP contribution in [0.1, 0.15) is 29.9 Å². The van der Waals surface area contributed by atoms with Crippen molar-refractivity contribution in [3.8, 4) is 0 Å². The van der Waals surface area contributed by atoms with Gasteiger partial charge in [-0.05, 0) is 34.0 Å². The third kappa shape index (κ3) is 3.03. The van der Waals surface area contributed by atoms with Crippen molar-refractivity contribution in [1.82, 2.24) is 20.2 Å². The Balaban J connectivity index is 2.32. The van der Waals surface area contributed by atoms with Crippen molar-refractivity contribution in [3.63, 3.8) is 0 Å². The molecule has 0 saturated heterocycles. The number of pyridine rings is 1. The molecule has 2 heterocycles. The van der Waals surface area contributed by atoms with E-state index in [9.17, 15) is 0 Å². The maximum atomic E-state index is 6.18. The Kier molecular flexibility index (Phi) is 5.15. The minimum Gasteiger partial charge on any atom is -0.271 e. The van der Waals surface area contributed by atoms with E-state index in [1.807, 2.05) is 17.8 Å². The lowest BCUT2D eigenvalue weighted by atomic mass is 10.0. The summed E-state index contributed by atoms with van der Waals surface area (Å²) in [5.74, 6) is 5.69. The van der Waals surface area contributed by atoms with Gasteiger partial charge in [-0.1, -0.05) is 18.5 Å². The molecule has 0 aliphatic heterocycles. The maximum Gasteiger partial charge on any atom is 0.0766 e. The number of nitrogens with zero attached hydrogens (tertiary/aromatic N) is 3. The lowest BCUT2D eigenvalue weighted by Gasteiger charge is -2.17. The van der Waals surface area contributed by atoms with Gasteiger partial charge in [0.2, 0.25) is 0 Å². The van der Waals surface area contributed by atoms with Gasteiger partial charge in [0.1, 0.15) is 0 Å². The van der Waals surface area contributed by atoms with E-state index in [0.717, 1.165) is 27.8 Å². The zero-order chi connectivity index (χ0) is 14.7. The Morgan fingerprint density at radius 2 is 2.30 bits per heavy atom. The van der Waals surface area contributed by atoms with Gasteiger partial charge in [0.25, 0.3) is 0 Å². The fourth-order valence-electron chi connectivity index (χ4n) is 2.16. The van der Waals surface area contributed by atoms with Gasteiger partial charge in [0.05, 0.1) is 26.9 Å². The molecule has 0 aromatic carbocycles. The number of nitrogens with one attached hydrogen (secondary N) is 1. The Hall–Kier alpha value is -0.950. The molecule has 7 heteroatoms. The number of hydrogen-bond acceptors (Lipinski definition) is 4. The van der Waals surface area contributed by atoms with Gasteiger partial charge in [0, 0.05) is 25.9 Å². The average molecular weight is 359 g/mol. The molecule has 20 heavy (non-hydrogen) atoms. The van der Waals surface area contributed by atoms with Crippen LogP contribution in [0.15, 0.2) is 22.9 Å². The van der Waals surface area contributed by atoms with E-state index in [1.54, 1.807) is 12.4 Å². The summed E-state index contributed by atoms with van der Waals surface area (Å²) in [4.78, 5) is 3.99. The third-order valence-corrected chi connectivity index (χ3v) is 4.51. The number of hydrogen-bond donors (Lipinski definition) is 2. The number of hydrazine groups is 1. The normalized spacial score (nSPS) is 12.7. The van der Waals surface area contributed by atoms with E-state index in [4.69, 9.17) is 17.4 Å². The van der Waals surface area contributed by atoms with E-state index in [2.05, 4.69) is 38.4 Å². The summed E-state index contributed by atoms with van der Waals surface area (Å²) < 4.78 is 2.91. The van der Waals surface area contributed by atoms with E-state index in [0.29, 0.717) is 11.4 Å². The predicted octanol–water partition coefficient (Wildman–Crippen LogP) is 2.54. The maximum absolute atomic E-state index is 6.18. The van der Waals surface area contributed by atoms with Crippen LogP contribution in [0.2, 0.25) is 5.02 Å². The molecule has 0 radical (unpaired) electrons. The first-order valence-electron chi connectivity index (χ1n) is 6.34. The fourth-order valence-corrected chi connectivity index (χ4v) is 3.19. The Morgan fingerprint density at radius 1 is 1.55 bits per heavy atom. The SMILES string of the molecule is CCc1nn(C)c(CC(NN)c2ccncc2Cl)c1Br. The van der Waals surface area contributed by atoms with Crippen LogP contribution in [0.4, 0.5) is 0 Å². The zero-order valence-electron chi connectivity index (χ0n) is 11.4. The van der Waals surface area contributed by atoms with Crippen molar-refractivity contribution in [2.45, 2.75) is 25.8 Å². The van der Waals surface area contributed by atoms with Crippen LogP contribution < -0.4 is 11.3 Å². The van der Waals surface area contributed by atoms with Crippen molar-refractivity contribution in [3.05, 3.63) is 44.9 Å². The molecule has 108 valence electrons. The molecule has 0 fully saturated rings. The molecule has 3 N–H and O–H groups in total. The highest BCUT2D eigenvalue weighted by Crippen LogP contribution is 2.29. The van der Waals surface area contributed by atoms with Crippen LogP contribution in [0.5, 0.6) is 0 Å². The van der Waals surface area contributed by atoms with Crippen LogP contribution in [-0.2, 0) is 19.9 Å². The van der Waals surface area contributed by atoms with Gasteiger partial charge in [-0.15, -0.1) is 0 Å². The molecule has 0 bridgehead atoms. The highest BCUT2D eigenvalue weighted by atomic mass is 79.9. The fraction of sp³-hybridized carbons (Fsp3) is 0.385. The number of nitrogens with two attached hydrogens (primary N) is 1. The lowest BCUT2D eigenvalue weighted by molar-refractivity contribution is 0.528. The molecule has 0 amide bonds. The molecule has 1 unspecified atom stereocenters. The van der Waals surface area contributed by atoms with Crippen LogP contribution in [-0.4, -0.2) is 14.8 Å². The summed E-state index contributed by atoms with van der Waals surface area (Å²) in [6.45, 7) is 2.08. The van der Waals surface area contributed by atoms with Crippen LogP contribution >= 0.6 is 27.5 Å². The quantitative estimate of drug-likeness (QED) is 0.636. The molecule has 2 aromatic heterocycles. The van der Waals surface area contributed by atoms with Crippen LogP contribution in [0.3, 0.4) is 0 Å². The molecule has 5 nitrogen and oxygen atoms in total. The lowest BCUT2D eigenvalue weighted by Crippen LogP contribution is -2.30. The van der Waals surface area contributed by atoms with E-state index < -0.39 is 0 Å². The van der Waals surface area contributed by atoms with Crippen LogP contribution in [0, 0.1) is 0 Å². The minimum atomic E-state index is -0.0955. The summed E-state index contributed by atoms with van der Waals surface area (Å²) >= 11 is 9.80. The molecule has 0 saturated carbocycles. The van der Waals surface area contributed by atoms with E-state index >= 15 is 0 Å². The first-order chi connectivity index (χ1) is 9.58. The number of rotatable bonds is 5. The highest BCUT2D eigenvalue weighted by molar-refractivity contribution is 9.10. The van der Waals surface area contributed by atoms with E-state index in [-0.39, 0.29) is 6.04 Å². The summed E-state index contributed by atoms with van der Waals surface area (Å²) in [7, 11) is 1.93. The predicted molar refractivity (Wildman–Crippen MR) is 83.3 cm³/mol. The Labute approximate surface area is 131 Å². The summed E-state index contributed by atoms with van der Waals surface area (Å²) in [6, 6.07) is 1.78. The Bertz CT molecular complexity index is 598. The number of aromatic nitrogens is 3. The van der Waals surface area contributed by atoms with Crippen LogP contribution in [0.25, 0.3) is 0 Å². The molecular weight excluding hydrogens is 342 g/mol. The second-order valence-electron chi connectivity index (χ2n) is 4.51. The molecule has 1 atom stereocenters. The molecule has 0 aliphatic carbocycles. The first-order valence-corrected chi connectivity index (χ1v) is 7.51. The molecular formula is C13H17BrClN5.